The monoisotopic (exact) mass is 569 g/mol. The molecule has 0 unspecified atom stereocenters. The van der Waals surface area contributed by atoms with Crippen molar-refractivity contribution in [1.82, 2.24) is 15.1 Å². The third-order valence-electron chi connectivity index (χ3n) is 6.05. The van der Waals surface area contributed by atoms with Crippen molar-refractivity contribution in [1.29, 1.82) is 0 Å². The van der Waals surface area contributed by atoms with Gasteiger partial charge < -0.3 is 10.2 Å². The molecular formula is C26H24Cl2F3N3O2S. The standard InChI is InChI=1S/C26H24Cl2F3N3O2S/c27-20-5-4-18(22(28)14-20)15-32-25(36)23-7-6-21(37-23)16-33-8-10-34(11-9-33)24(35)13-17-2-1-3-19(12-17)26(29,30)31/h1-7,12,14H,8-11,13,15-16H2,(H,32,36). The Hall–Kier alpha value is -2.59. The van der Waals surface area contributed by atoms with E-state index in [9.17, 15) is 22.8 Å². The highest BCUT2D eigenvalue weighted by Gasteiger charge is 2.30. The molecule has 1 N–H and O–H groups in total. The minimum absolute atomic E-state index is 0.0610. The van der Waals surface area contributed by atoms with Crippen LogP contribution in [-0.2, 0) is 30.5 Å². The molecule has 0 bridgehead atoms. The number of amides is 2. The summed E-state index contributed by atoms with van der Waals surface area (Å²) in [5.41, 5.74) is 0.377. The molecule has 4 rings (SSSR count). The van der Waals surface area contributed by atoms with Crippen molar-refractivity contribution < 1.29 is 22.8 Å². The second-order valence-electron chi connectivity index (χ2n) is 8.72. The van der Waals surface area contributed by atoms with E-state index in [1.807, 2.05) is 6.07 Å². The average molecular weight is 570 g/mol. The van der Waals surface area contributed by atoms with E-state index < -0.39 is 11.7 Å². The number of benzene rings is 2. The Morgan fingerprint density at radius 1 is 0.973 bits per heavy atom. The van der Waals surface area contributed by atoms with E-state index in [2.05, 4.69) is 10.2 Å². The number of alkyl halides is 3. The van der Waals surface area contributed by atoms with Gasteiger partial charge in [-0.05, 0) is 41.5 Å². The summed E-state index contributed by atoms with van der Waals surface area (Å²) in [5, 5.41) is 3.89. The van der Waals surface area contributed by atoms with Crippen LogP contribution in [0, 0.1) is 0 Å². The first-order valence-electron chi connectivity index (χ1n) is 11.6. The van der Waals surface area contributed by atoms with Gasteiger partial charge in [0.15, 0.2) is 0 Å². The summed E-state index contributed by atoms with van der Waals surface area (Å²) in [6.07, 6.45) is -4.49. The molecule has 0 spiro atoms. The summed E-state index contributed by atoms with van der Waals surface area (Å²) in [7, 11) is 0. The SMILES string of the molecule is O=C(NCc1ccc(Cl)cc1Cl)c1ccc(CN2CCN(C(=O)Cc3cccc(C(F)(F)F)c3)CC2)s1. The van der Waals surface area contributed by atoms with Crippen LogP contribution in [0.5, 0.6) is 0 Å². The van der Waals surface area contributed by atoms with E-state index in [0.29, 0.717) is 59.8 Å². The summed E-state index contributed by atoms with van der Waals surface area (Å²) in [5.74, 6) is -0.373. The molecule has 1 aliphatic heterocycles. The van der Waals surface area contributed by atoms with Gasteiger partial charge in [0, 0.05) is 54.2 Å². The minimum atomic E-state index is -4.43. The zero-order chi connectivity index (χ0) is 26.6. The van der Waals surface area contributed by atoms with Crippen molar-refractivity contribution in [2.24, 2.45) is 0 Å². The maximum absolute atomic E-state index is 12.9. The van der Waals surface area contributed by atoms with Gasteiger partial charge in [-0.15, -0.1) is 11.3 Å². The second-order valence-corrected chi connectivity index (χ2v) is 10.7. The van der Waals surface area contributed by atoms with Gasteiger partial charge >= 0.3 is 6.18 Å². The van der Waals surface area contributed by atoms with Crippen LogP contribution in [0.2, 0.25) is 10.0 Å². The van der Waals surface area contributed by atoms with Crippen molar-refractivity contribution in [3.05, 3.63) is 91.1 Å². The molecule has 11 heteroatoms. The first-order valence-corrected chi connectivity index (χ1v) is 13.1. The molecule has 0 aliphatic carbocycles. The molecule has 1 fully saturated rings. The van der Waals surface area contributed by atoms with Gasteiger partial charge in [0.25, 0.3) is 5.91 Å². The Balaban J connectivity index is 1.24. The molecule has 0 radical (unpaired) electrons. The molecule has 2 amide bonds. The molecule has 3 aromatic rings. The number of hydrogen-bond acceptors (Lipinski definition) is 4. The van der Waals surface area contributed by atoms with Crippen LogP contribution in [0.4, 0.5) is 13.2 Å². The molecule has 1 saturated heterocycles. The molecule has 37 heavy (non-hydrogen) atoms. The highest BCUT2D eigenvalue weighted by atomic mass is 35.5. The second kappa shape index (κ2) is 11.9. The van der Waals surface area contributed by atoms with Crippen LogP contribution in [0.15, 0.2) is 54.6 Å². The quantitative estimate of drug-likeness (QED) is 0.386. The molecular weight excluding hydrogens is 546 g/mol. The molecule has 2 aromatic carbocycles. The Kier molecular flexibility index (Phi) is 8.79. The molecule has 196 valence electrons. The van der Waals surface area contributed by atoms with Crippen LogP contribution in [-0.4, -0.2) is 47.8 Å². The summed E-state index contributed by atoms with van der Waals surface area (Å²) in [6.45, 7) is 3.22. The fraction of sp³-hybridized carbons (Fsp3) is 0.308. The maximum atomic E-state index is 12.9. The van der Waals surface area contributed by atoms with E-state index in [0.717, 1.165) is 22.6 Å². The van der Waals surface area contributed by atoms with E-state index in [4.69, 9.17) is 23.2 Å². The van der Waals surface area contributed by atoms with Gasteiger partial charge in [0.2, 0.25) is 5.91 Å². The summed E-state index contributed by atoms with van der Waals surface area (Å²) >= 11 is 13.5. The van der Waals surface area contributed by atoms with Crippen molar-refractivity contribution in [3.63, 3.8) is 0 Å². The Morgan fingerprint density at radius 2 is 1.73 bits per heavy atom. The van der Waals surface area contributed by atoms with Crippen molar-refractivity contribution in [2.75, 3.05) is 26.2 Å². The fourth-order valence-electron chi connectivity index (χ4n) is 4.03. The maximum Gasteiger partial charge on any atom is 0.416 e. The predicted octanol–water partition coefficient (Wildman–Crippen LogP) is 5.89. The van der Waals surface area contributed by atoms with Gasteiger partial charge in [0.1, 0.15) is 0 Å². The number of carbonyl (C=O) groups excluding carboxylic acids is 2. The minimum Gasteiger partial charge on any atom is -0.347 e. The lowest BCUT2D eigenvalue weighted by Gasteiger charge is -2.34. The molecule has 2 heterocycles. The van der Waals surface area contributed by atoms with E-state index in [1.54, 1.807) is 29.2 Å². The summed E-state index contributed by atoms with van der Waals surface area (Å²) in [4.78, 5) is 30.7. The highest BCUT2D eigenvalue weighted by molar-refractivity contribution is 7.14. The van der Waals surface area contributed by atoms with Gasteiger partial charge in [-0.2, -0.15) is 13.2 Å². The summed E-state index contributed by atoms with van der Waals surface area (Å²) in [6, 6.07) is 13.7. The number of rotatable bonds is 7. The zero-order valence-electron chi connectivity index (χ0n) is 19.7. The first kappa shape index (κ1) is 27.4. The number of thiophene rings is 1. The molecule has 1 aliphatic rings. The third-order valence-corrected chi connectivity index (χ3v) is 7.71. The van der Waals surface area contributed by atoms with E-state index in [1.165, 1.54) is 23.5 Å². The normalized spacial score (nSPS) is 14.6. The lowest BCUT2D eigenvalue weighted by Crippen LogP contribution is -2.48. The number of halogens is 5. The zero-order valence-corrected chi connectivity index (χ0v) is 22.0. The van der Waals surface area contributed by atoms with Crippen LogP contribution >= 0.6 is 34.5 Å². The van der Waals surface area contributed by atoms with E-state index in [-0.39, 0.29) is 18.2 Å². The smallest absolute Gasteiger partial charge is 0.347 e. The molecule has 5 nitrogen and oxygen atoms in total. The van der Waals surface area contributed by atoms with Crippen molar-refractivity contribution in [2.45, 2.75) is 25.7 Å². The predicted molar refractivity (Wildman–Crippen MR) is 139 cm³/mol. The lowest BCUT2D eigenvalue weighted by molar-refractivity contribution is -0.138. The van der Waals surface area contributed by atoms with Crippen LogP contribution in [0.25, 0.3) is 0 Å². The van der Waals surface area contributed by atoms with E-state index >= 15 is 0 Å². The van der Waals surface area contributed by atoms with Gasteiger partial charge in [-0.3, -0.25) is 14.5 Å². The molecule has 1 aromatic heterocycles. The number of nitrogens with zero attached hydrogens (tertiary/aromatic N) is 2. The van der Waals surface area contributed by atoms with Crippen molar-refractivity contribution in [3.8, 4) is 0 Å². The Labute approximate surface area is 226 Å². The Bertz CT molecular complexity index is 1270. The van der Waals surface area contributed by atoms with Crippen LogP contribution in [0.3, 0.4) is 0 Å². The van der Waals surface area contributed by atoms with Crippen LogP contribution < -0.4 is 5.32 Å². The summed E-state index contributed by atoms with van der Waals surface area (Å²) < 4.78 is 38.8. The van der Waals surface area contributed by atoms with Crippen molar-refractivity contribution >= 4 is 46.4 Å². The first-order chi connectivity index (χ1) is 17.6. The van der Waals surface area contributed by atoms with Crippen LogP contribution in [0.1, 0.15) is 31.2 Å². The fourth-order valence-corrected chi connectivity index (χ4v) is 5.47. The molecule has 0 saturated carbocycles. The molecule has 0 atom stereocenters. The number of carbonyl (C=O) groups is 2. The highest BCUT2D eigenvalue weighted by Crippen LogP contribution is 2.30. The third kappa shape index (κ3) is 7.47. The number of piperazine rings is 1. The van der Waals surface area contributed by atoms with Gasteiger partial charge in [-0.1, -0.05) is 47.5 Å². The lowest BCUT2D eigenvalue weighted by atomic mass is 10.1. The topological polar surface area (TPSA) is 52.7 Å². The average Bonchev–Trinajstić information content (AvgIpc) is 3.32. The Morgan fingerprint density at radius 3 is 2.43 bits per heavy atom. The van der Waals surface area contributed by atoms with Gasteiger partial charge in [0.05, 0.1) is 16.9 Å². The number of nitrogens with one attached hydrogen (secondary N) is 1. The van der Waals surface area contributed by atoms with Gasteiger partial charge in [-0.25, -0.2) is 0 Å². The largest absolute Gasteiger partial charge is 0.416 e. The number of hydrogen-bond donors (Lipinski definition) is 1.